The monoisotopic (exact) mass is 606 g/mol. The maximum absolute atomic E-state index is 14.7. The van der Waals surface area contributed by atoms with Crippen LogP contribution < -0.4 is 15.0 Å². The maximum Gasteiger partial charge on any atom is 0.341 e. The van der Waals surface area contributed by atoms with Gasteiger partial charge in [-0.15, -0.1) is 0 Å². The zero-order valence-electron chi connectivity index (χ0n) is 25.0. The van der Waals surface area contributed by atoms with E-state index in [1.54, 1.807) is 61.6 Å². The first-order chi connectivity index (χ1) is 21.8. The Kier molecular flexibility index (Phi) is 8.00. The molecule has 4 aromatic carbocycles. The van der Waals surface area contributed by atoms with Crippen molar-refractivity contribution in [1.29, 1.82) is 0 Å². The summed E-state index contributed by atoms with van der Waals surface area (Å²) in [4.78, 5) is 30.5. The minimum atomic E-state index is -0.871. The Morgan fingerprint density at radius 2 is 1.69 bits per heavy atom. The molecule has 6 aromatic rings. The SMILES string of the molecule is COc1ccc(C(=O)OCCc2c(C(c3cccc(F)c3)c3c(O)c4ccccc4n(C)c3=O)[nH]c3ccccc23)c(OC)c1. The average molecular weight is 607 g/mol. The lowest BCUT2D eigenvalue weighted by Gasteiger charge is -2.22. The van der Waals surface area contributed by atoms with Crippen molar-refractivity contribution >= 4 is 27.8 Å². The van der Waals surface area contributed by atoms with Crippen LogP contribution in [0.5, 0.6) is 17.2 Å². The van der Waals surface area contributed by atoms with Crippen LogP contribution in [0, 0.1) is 5.82 Å². The molecule has 2 heterocycles. The van der Waals surface area contributed by atoms with E-state index in [1.807, 2.05) is 24.3 Å². The van der Waals surface area contributed by atoms with E-state index < -0.39 is 23.3 Å². The Hall–Kier alpha value is -5.57. The third kappa shape index (κ3) is 5.37. The number of hydrogen-bond acceptors (Lipinski definition) is 6. The topological polar surface area (TPSA) is 103 Å². The van der Waals surface area contributed by atoms with Gasteiger partial charge in [0.05, 0.1) is 37.8 Å². The van der Waals surface area contributed by atoms with E-state index in [0.29, 0.717) is 33.7 Å². The molecule has 0 aliphatic rings. The lowest BCUT2D eigenvalue weighted by Crippen LogP contribution is -2.25. The highest BCUT2D eigenvalue weighted by Gasteiger charge is 2.30. The number of methoxy groups -OCH3 is 2. The number of carbonyl (C=O) groups is 1. The second-order valence-corrected chi connectivity index (χ2v) is 10.6. The molecule has 9 heteroatoms. The Morgan fingerprint density at radius 3 is 2.44 bits per heavy atom. The molecular formula is C36H31FN2O6. The molecule has 0 bridgehead atoms. The third-order valence-corrected chi connectivity index (χ3v) is 8.13. The average Bonchev–Trinajstić information content (AvgIpc) is 3.42. The van der Waals surface area contributed by atoms with Crippen molar-refractivity contribution in [3.05, 3.63) is 135 Å². The zero-order valence-corrected chi connectivity index (χ0v) is 25.0. The minimum Gasteiger partial charge on any atom is -0.507 e. The number of benzene rings is 4. The summed E-state index contributed by atoms with van der Waals surface area (Å²) in [6, 6.07) is 25.5. The maximum atomic E-state index is 14.7. The lowest BCUT2D eigenvalue weighted by molar-refractivity contribution is 0.0505. The summed E-state index contributed by atoms with van der Waals surface area (Å²) in [6.07, 6.45) is 0.268. The Labute approximate surface area is 258 Å². The zero-order chi connectivity index (χ0) is 31.7. The summed E-state index contributed by atoms with van der Waals surface area (Å²) in [5.41, 5.74) is 3.12. The predicted molar refractivity (Wildman–Crippen MR) is 170 cm³/mol. The van der Waals surface area contributed by atoms with Crippen LogP contribution in [0.4, 0.5) is 4.39 Å². The molecule has 0 aliphatic carbocycles. The predicted octanol–water partition coefficient (Wildman–Crippen LogP) is 6.46. The van der Waals surface area contributed by atoms with Crippen LogP contribution in [-0.4, -0.2) is 41.5 Å². The van der Waals surface area contributed by atoms with Crippen molar-refractivity contribution in [3.63, 3.8) is 0 Å². The Bertz CT molecular complexity index is 2120. The fraction of sp³-hybridized carbons (Fsp3) is 0.167. The number of aromatic nitrogens is 2. The standard InChI is InChI=1S/C36H31FN2O6/c1-39-29-14-7-5-12-26(29)34(40)32(35(39)41)31(21-9-8-10-22(37)19-21)33-25(24-11-4-6-13-28(24)38-33)17-18-45-36(42)27-16-15-23(43-2)20-30(27)44-3/h4-16,19-20,31,38,40H,17-18H2,1-3H3. The number of aromatic amines is 1. The fourth-order valence-electron chi connectivity index (χ4n) is 5.95. The molecule has 2 aromatic heterocycles. The van der Waals surface area contributed by atoms with E-state index in [2.05, 4.69) is 4.98 Å². The second-order valence-electron chi connectivity index (χ2n) is 10.6. The van der Waals surface area contributed by atoms with Gasteiger partial charge in [-0.25, -0.2) is 9.18 Å². The molecule has 0 saturated carbocycles. The smallest absolute Gasteiger partial charge is 0.341 e. The molecule has 0 spiro atoms. The summed E-state index contributed by atoms with van der Waals surface area (Å²) in [5, 5.41) is 13.0. The molecule has 6 rings (SSSR count). The van der Waals surface area contributed by atoms with Gasteiger partial charge in [0.2, 0.25) is 0 Å². The molecule has 0 aliphatic heterocycles. The number of ether oxygens (including phenoxy) is 3. The normalized spacial score (nSPS) is 11.9. The van der Waals surface area contributed by atoms with Crippen molar-refractivity contribution in [1.82, 2.24) is 9.55 Å². The number of aryl methyl sites for hydroxylation is 1. The summed E-state index contributed by atoms with van der Waals surface area (Å²) in [5.74, 6) is -1.23. The minimum absolute atomic E-state index is 0.000444. The van der Waals surface area contributed by atoms with Gasteiger partial charge >= 0.3 is 5.97 Å². The quantitative estimate of drug-likeness (QED) is 0.183. The van der Waals surface area contributed by atoms with Crippen LogP contribution in [0.2, 0.25) is 0 Å². The van der Waals surface area contributed by atoms with E-state index in [0.717, 1.165) is 16.5 Å². The van der Waals surface area contributed by atoms with Gasteiger partial charge in [-0.2, -0.15) is 0 Å². The Balaban J connectivity index is 1.47. The molecule has 228 valence electrons. The van der Waals surface area contributed by atoms with Gasteiger partial charge in [0.25, 0.3) is 5.56 Å². The number of H-pyrrole nitrogens is 1. The lowest BCUT2D eigenvalue weighted by atomic mass is 9.85. The van der Waals surface area contributed by atoms with E-state index in [1.165, 1.54) is 30.9 Å². The van der Waals surface area contributed by atoms with E-state index in [-0.39, 0.29) is 29.9 Å². The molecule has 0 amide bonds. The molecule has 1 atom stereocenters. The number of esters is 1. The summed E-state index contributed by atoms with van der Waals surface area (Å²) in [6.45, 7) is 0.000444. The Morgan fingerprint density at radius 1 is 0.933 bits per heavy atom. The van der Waals surface area contributed by atoms with Gasteiger partial charge in [0.15, 0.2) is 0 Å². The van der Waals surface area contributed by atoms with E-state index >= 15 is 0 Å². The number of pyridine rings is 1. The van der Waals surface area contributed by atoms with Gasteiger partial charge in [-0.3, -0.25) is 4.79 Å². The molecular weight excluding hydrogens is 575 g/mol. The first-order valence-corrected chi connectivity index (χ1v) is 14.4. The second kappa shape index (κ2) is 12.2. The van der Waals surface area contributed by atoms with Crippen molar-refractivity contribution < 1.29 is 28.5 Å². The molecule has 0 saturated heterocycles. The number of para-hydroxylation sites is 2. The molecule has 0 radical (unpaired) electrons. The van der Waals surface area contributed by atoms with Crippen LogP contribution in [0.3, 0.4) is 0 Å². The highest BCUT2D eigenvalue weighted by Crippen LogP contribution is 2.41. The van der Waals surface area contributed by atoms with Crippen molar-refractivity contribution in [2.45, 2.75) is 12.3 Å². The number of hydrogen-bond donors (Lipinski definition) is 2. The molecule has 8 nitrogen and oxygen atoms in total. The van der Waals surface area contributed by atoms with Crippen molar-refractivity contribution in [2.75, 3.05) is 20.8 Å². The van der Waals surface area contributed by atoms with Crippen LogP contribution in [0.25, 0.3) is 21.8 Å². The van der Waals surface area contributed by atoms with Gasteiger partial charge in [0, 0.05) is 41.5 Å². The number of nitrogens with zero attached hydrogens (tertiary/aromatic N) is 1. The molecule has 45 heavy (non-hydrogen) atoms. The summed E-state index contributed by atoms with van der Waals surface area (Å²) < 4.78 is 32.5. The van der Waals surface area contributed by atoms with Crippen molar-refractivity contribution in [2.24, 2.45) is 7.05 Å². The van der Waals surface area contributed by atoms with E-state index in [4.69, 9.17) is 14.2 Å². The third-order valence-electron chi connectivity index (χ3n) is 8.13. The van der Waals surface area contributed by atoms with Gasteiger partial charge in [0.1, 0.15) is 28.6 Å². The highest BCUT2D eigenvalue weighted by molar-refractivity contribution is 5.93. The summed E-state index contributed by atoms with van der Waals surface area (Å²) in [7, 11) is 4.63. The largest absolute Gasteiger partial charge is 0.507 e. The number of halogens is 1. The molecule has 2 N–H and O–H groups in total. The van der Waals surface area contributed by atoms with Crippen LogP contribution in [-0.2, 0) is 18.2 Å². The first-order valence-electron chi connectivity index (χ1n) is 14.4. The number of fused-ring (bicyclic) bond motifs is 2. The van der Waals surface area contributed by atoms with Gasteiger partial charge in [-0.1, -0.05) is 42.5 Å². The van der Waals surface area contributed by atoms with Crippen LogP contribution >= 0.6 is 0 Å². The molecule has 0 fully saturated rings. The number of rotatable bonds is 9. The van der Waals surface area contributed by atoms with Gasteiger partial charge in [-0.05, 0) is 53.6 Å². The van der Waals surface area contributed by atoms with Gasteiger partial charge < -0.3 is 28.9 Å². The van der Waals surface area contributed by atoms with E-state index in [9.17, 15) is 19.1 Å². The first kappa shape index (κ1) is 29.5. The number of nitrogens with one attached hydrogen (secondary N) is 1. The molecule has 1 unspecified atom stereocenters. The summed E-state index contributed by atoms with van der Waals surface area (Å²) >= 11 is 0. The number of aromatic hydroxyl groups is 1. The fourth-order valence-corrected chi connectivity index (χ4v) is 5.95. The van der Waals surface area contributed by atoms with Crippen LogP contribution in [0.15, 0.2) is 95.8 Å². The number of carbonyl (C=O) groups excluding carboxylic acids is 1. The van der Waals surface area contributed by atoms with Crippen molar-refractivity contribution in [3.8, 4) is 17.2 Å². The highest BCUT2D eigenvalue weighted by atomic mass is 19.1. The van der Waals surface area contributed by atoms with Crippen LogP contribution in [0.1, 0.15) is 38.7 Å².